The highest BCUT2D eigenvalue weighted by Crippen LogP contribution is 2.11. The number of amides is 2. The van der Waals surface area contributed by atoms with Crippen LogP contribution >= 0.6 is 0 Å². The molecule has 1 aliphatic heterocycles. The lowest BCUT2D eigenvalue weighted by Crippen LogP contribution is -2.39. The van der Waals surface area contributed by atoms with E-state index in [1.54, 1.807) is 24.1 Å². The summed E-state index contributed by atoms with van der Waals surface area (Å²) in [6.07, 6.45) is 1.75. The van der Waals surface area contributed by atoms with Gasteiger partial charge in [0, 0.05) is 19.6 Å². The summed E-state index contributed by atoms with van der Waals surface area (Å²) in [6.45, 7) is 1.62. The first-order valence-corrected chi connectivity index (χ1v) is 7.06. The van der Waals surface area contributed by atoms with Gasteiger partial charge in [-0.15, -0.1) is 0 Å². The number of benzene rings is 1. The Bertz CT molecular complexity index is 481. The average molecular weight is 292 g/mol. The van der Waals surface area contributed by atoms with E-state index in [2.05, 4.69) is 5.32 Å². The Labute approximate surface area is 124 Å². The molecule has 0 atom stereocenters. The minimum absolute atomic E-state index is 0.302. The van der Waals surface area contributed by atoms with Crippen molar-refractivity contribution in [2.45, 2.75) is 25.8 Å². The van der Waals surface area contributed by atoms with Crippen LogP contribution in [-0.2, 0) is 11.3 Å². The van der Waals surface area contributed by atoms with Gasteiger partial charge in [-0.25, -0.2) is 9.59 Å². The fraction of sp³-hybridized carbons (Fsp3) is 0.467. The van der Waals surface area contributed by atoms with Crippen molar-refractivity contribution >= 4 is 12.2 Å². The Morgan fingerprint density at radius 1 is 1.14 bits per heavy atom. The topological polar surface area (TPSA) is 67.9 Å². The summed E-state index contributed by atoms with van der Waals surface area (Å²) >= 11 is 0. The number of nitrogens with zero attached hydrogens (tertiary/aromatic N) is 1. The van der Waals surface area contributed by atoms with Crippen molar-refractivity contribution in [3.05, 3.63) is 29.8 Å². The van der Waals surface area contributed by atoms with Crippen molar-refractivity contribution in [3.63, 3.8) is 0 Å². The zero-order valence-corrected chi connectivity index (χ0v) is 12.1. The molecule has 1 aromatic carbocycles. The number of methoxy groups -OCH3 is 1. The number of hydrogen-bond donors (Lipinski definition) is 1. The standard InChI is InChI=1S/C15H20N2O4/c1-20-13-7-5-12(6-8-13)11-16-14(18)21-15(19)17-9-3-2-4-10-17/h5-8H,2-4,9-11H2,1H3,(H,16,18). The molecule has 2 amide bonds. The fourth-order valence-corrected chi connectivity index (χ4v) is 2.17. The van der Waals surface area contributed by atoms with Gasteiger partial charge in [-0.2, -0.15) is 0 Å². The maximum absolute atomic E-state index is 11.7. The van der Waals surface area contributed by atoms with E-state index in [1.165, 1.54) is 0 Å². The molecule has 2 rings (SSSR count). The lowest BCUT2D eigenvalue weighted by Gasteiger charge is -2.25. The molecule has 21 heavy (non-hydrogen) atoms. The first kappa shape index (κ1) is 15.2. The van der Waals surface area contributed by atoms with Gasteiger partial charge >= 0.3 is 12.2 Å². The predicted octanol–water partition coefficient (Wildman–Crippen LogP) is 2.53. The van der Waals surface area contributed by atoms with Crippen molar-refractivity contribution < 1.29 is 19.1 Å². The number of nitrogens with one attached hydrogen (secondary N) is 1. The van der Waals surface area contributed by atoms with Gasteiger partial charge < -0.3 is 19.7 Å². The number of rotatable bonds is 3. The molecule has 0 aromatic heterocycles. The Morgan fingerprint density at radius 3 is 2.43 bits per heavy atom. The molecule has 1 aliphatic rings. The van der Waals surface area contributed by atoms with Crippen LogP contribution in [0.4, 0.5) is 9.59 Å². The van der Waals surface area contributed by atoms with E-state index in [0.29, 0.717) is 19.6 Å². The van der Waals surface area contributed by atoms with E-state index in [1.807, 2.05) is 12.1 Å². The Morgan fingerprint density at radius 2 is 1.81 bits per heavy atom. The molecule has 0 bridgehead atoms. The van der Waals surface area contributed by atoms with Gasteiger partial charge in [-0.1, -0.05) is 12.1 Å². The van der Waals surface area contributed by atoms with Crippen LogP contribution in [0.1, 0.15) is 24.8 Å². The second kappa shape index (κ2) is 7.52. The summed E-state index contributed by atoms with van der Waals surface area (Å²) in [5.74, 6) is 0.751. The van der Waals surface area contributed by atoms with Gasteiger partial charge in [0.2, 0.25) is 0 Å². The van der Waals surface area contributed by atoms with Gasteiger partial charge in [0.05, 0.1) is 7.11 Å². The van der Waals surface area contributed by atoms with Gasteiger partial charge in [0.25, 0.3) is 0 Å². The molecule has 1 heterocycles. The number of carbonyl (C=O) groups excluding carboxylic acids is 2. The molecule has 0 spiro atoms. The third-order valence-corrected chi connectivity index (χ3v) is 3.39. The smallest absolute Gasteiger partial charge is 0.418 e. The van der Waals surface area contributed by atoms with Crippen LogP contribution in [0.5, 0.6) is 5.75 Å². The van der Waals surface area contributed by atoms with Crippen LogP contribution in [0.15, 0.2) is 24.3 Å². The van der Waals surface area contributed by atoms with Gasteiger partial charge in [-0.3, -0.25) is 0 Å². The molecule has 0 radical (unpaired) electrons. The van der Waals surface area contributed by atoms with E-state index >= 15 is 0 Å². The number of piperidine rings is 1. The third-order valence-electron chi connectivity index (χ3n) is 3.39. The van der Waals surface area contributed by atoms with Crippen LogP contribution in [0.3, 0.4) is 0 Å². The summed E-state index contributed by atoms with van der Waals surface area (Å²) in [5.41, 5.74) is 0.901. The molecule has 6 nitrogen and oxygen atoms in total. The molecular weight excluding hydrogens is 272 g/mol. The van der Waals surface area contributed by atoms with E-state index in [-0.39, 0.29) is 0 Å². The van der Waals surface area contributed by atoms with Gasteiger partial charge in [0.1, 0.15) is 5.75 Å². The summed E-state index contributed by atoms with van der Waals surface area (Å²) in [7, 11) is 1.59. The number of ether oxygens (including phenoxy) is 2. The van der Waals surface area contributed by atoms with Crippen molar-refractivity contribution in [1.29, 1.82) is 0 Å². The van der Waals surface area contributed by atoms with Crippen LogP contribution in [0, 0.1) is 0 Å². The van der Waals surface area contributed by atoms with Crippen LogP contribution in [0.2, 0.25) is 0 Å². The van der Waals surface area contributed by atoms with Crippen molar-refractivity contribution in [3.8, 4) is 5.75 Å². The van der Waals surface area contributed by atoms with Crippen LogP contribution < -0.4 is 10.1 Å². The molecular formula is C15H20N2O4. The SMILES string of the molecule is COc1ccc(CNC(=O)OC(=O)N2CCCCC2)cc1. The molecule has 6 heteroatoms. The van der Waals surface area contributed by atoms with Crippen LogP contribution in [0.25, 0.3) is 0 Å². The van der Waals surface area contributed by atoms with E-state index < -0.39 is 12.2 Å². The molecule has 0 aliphatic carbocycles. The second-order valence-electron chi connectivity index (χ2n) is 4.90. The number of carbonyl (C=O) groups is 2. The maximum atomic E-state index is 11.7. The monoisotopic (exact) mass is 292 g/mol. The van der Waals surface area contributed by atoms with Crippen LogP contribution in [-0.4, -0.2) is 37.3 Å². The maximum Gasteiger partial charge on any atom is 0.418 e. The zero-order valence-electron chi connectivity index (χ0n) is 12.1. The predicted molar refractivity (Wildman–Crippen MR) is 77.1 cm³/mol. The van der Waals surface area contributed by atoms with Crippen molar-refractivity contribution in [2.24, 2.45) is 0 Å². The first-order valence-electron chi connectivity index (χ1n) is 7.06. The summed E-state index contributed by atoms with van der Waals surface area (Å²) < 4.78 is 9.82. The molecule has 114 valence electrons. The Kier molecular flexibility index (Phi) is 5.43. The van der Waals surface area contributed by atoms with Crippen molar-refractivity contribution in [1.82, 2.24) is 10.2 Å². The normalized spacial score (nSPS) is 14.4. The van der Waals surface area contributed by atoms with E-state index in [0.717, 1.165) is 30.6 Å². The highest BCUT2D eigenvalue weighted by atomic mass is 16.6. The highest BCUT2D eigenvalue weighted by Gasteiger charge is 2.20. The summed E-state index contributed by atoms with van der Waals surface area (Å²) in [5, 5.41) is 2.56. The Balaban J connectivity index is 1.74. The summed E-state index contributed by atoms with van der Waals surface area (Å²) in [4.78, 5) is 24.9. The van der Waals surface area contributed by atoms with Crippen molar-refractivity contribution in [2.75, 3.05) is 20.2 Å². The Hall–Kier alpha value is -2.24. The van der Waals surface area contributed by atoms with Gasteiger partial charge in [-0.05, 0) is 37.0 Å². The lowest BCUT2D eigenvalue weighted by atomic mass is 10.1. The van der Waals surface area contributed by atoms with E-state index in [4.69, 9.17) is 9.47 Å². The molecule has 1 fully saturated rings. The number of hydrogen-bond acceptors (Lipinski definition) is 4. The molecule has 0 saturated carbocycles. The minimum Gasteiger partial charge on any atom is -0.497 e. The quantitative estimate of drug-likeness (QED) is 0.869. The zero-order chi connectivity index (χ0) is 15.1. The van der Waals surface area contributed by atoms with E-state index in [9.17, 15) is 9.59 Å². The largest absolute Gasteiger partial charge is 0.497 e. The van der Waals surface area contributed by atoms with Gasteiger partial charge in [0.15, 0.2) is 0 Å². The fourth-order valence-electron chi connectivity index (χ4n) is 2.17. The molecule has 1 saturated heterocycles. The third kappa shape index (κ3) is 4.66. The summed E-state index contributed by atoms with van der Waals surface area (Å²) in [6, 6.07) is 7.29. The lowest BCUT2D eigenvalue weighted by molar-refractivity contribution is 0.111. The molecule has 0 unspecified atom stereocenters. The highest BCUT2D eigenvalue weighted by molar-refractivity contribution is 5.83. The minimum atomic E-state index is -0.721. The average Bonchev–Trinajstić information content (AvgIpc) is 2.54. The molecule has 1 N–H and O–H groups in total. The number of alkyl carbamates (subject to hydrolysis) is 1. The molecule has 1 aromatic rings. The first-order chi connectivity index (χ1) is 10.2. The second-order valence-corrected chi connectivity index (χ2v) is 4.90. The number of likely N-dealkylation sites (tertiary alicyclic amines) is 1.